The molecule has 0 spiro atoms. The number of likely N-dealkylation sites (tertiary alicyclic amines) is 1. The van der Waals surface area contributed by atoms with Gasteiger partial charge in [0.15, 0.2) is 39.7 Å². The van der Waals surface area contributed by atoms with Crippen LogP contribution in [0.3, 0.4) is 0 Å². The molecular formula is C63H88F9N9O12S3. The Balaban J connectivity index is 0.000000185. The second kappa shape index (κ2) is 32.5. The van der Waals surface area contributed by atoms with Crippen LogP contribution in [0, 0.1) is 70.1 Å². The molecule has 0 saturated carbocycles. The standard InChI is InChI=1S/C23H32F3N3O4S.C21H30F3N3O4S.C19H26F3N3O4S/c1-23(2,34(31,32)28-5-7-33-8-6-28)22(30)29-16-3-4-17(29)10-15(9-16)21(27)12-14-11-19(25)20(26)13-18(14)24;1-26(5-6-31-2)32(29,30)12-21(28)27-15-3-4-16(27)8-14(7-15)20(25)10-13-9-18(23)19(24)11-17(13)22;20-15-11-17(22)16(21)9-14(15)10-18(23)13-1-3-24(4-2-13)19(26)12-30(27,28)25-5-7-29-8-6-25/h11,13,15-17,21H,3-10,12,27H2,1-2H3;9,11,14-16,20H,3-8,10,12,25H2,1-2H3;9,11,13,18H,1-8,10,12,23H2/t15?,16-,17+,21-;14?,15-,16+,20-;18-/m111/s1. The lowest BCUT2D eigenvalue weighted by molar-refractivity contribution is -0.139. The van der Waals surface area contributed by atoms with E-state index in [2.05, 4.69) is 0 Å². The second-order valence-electron chi connectivity index (χ2n) is 26.5. The van der Waals surface area contributed by atoms with Crippen LogP contribution in [-0.2, 0) is 77.9 Å². The summed E-state index contributed by atoms with van der Waals surface area (Å²) in [5.74, 6) is -12.2. The first-order valence-corrected chi connectivity index (χ1v) is 36.9. The average molecular weight is 1430 g/mol. The van der Waals surface area contributed by atoms with Gasteiger partial charge in [-0.1, -0.05) is 0 Å². The third-order valence-corrected chi connectivity index (χ3v) is 26.0. The first-order chi connectivity index (χ1) is 45.1. The Bertz CT molecular complexity index is 3560. The quantitative estimate of drug-likeness (QED) is 0.0962. The van der Waals surface area contributed by atoms with Gasteiger partial charge in [-0.05, 0) is 150 Å². The number of hydrogen-bond acceptors (Lipinski definition) is 15. The third-order valence-electron chi connectivity index (χ3n) is 19.9. The molecule has 2 unspecified atom stereocenters. The highest BCUT2D eigenvalue weighted by Gasteiger charge is 2.54. The lowest BCUT2D eigenvalue weighted by Gasteiger charge is -2.44. The van der Waals surface area contributed by atoms with Crippen LogP contribution in [0.15, 0.2) is 36.4 Å². The highest BCUT2D eigenvalue weighted by Crippen LogP contribution is 2.44. The van der Waals surface area contributed by atoms with Gasteiger partial charge in [-0.25, -0.2) is 69.1 Å². The van der Waals surface area contributed by atoms with Gasteiger partial charge < -0.3 is 46.1 Å². The van der Waals surface area contributed by atoms with Crippen LogP contribution in [0.25, 0.3) is 0 Å². The summed E-state index contributed by atoms with van der Waals surface area (Å²) in [4.78, 5) is 43.8. The first kappa shape index (κ1) is 76.7. The molecular weight excluding hydrogens is 1340 g/mol. The number of carbonyl (C=O) groups is 3. The van der Waals surface area contributed by atoms with Gasteiger partial charge in [0, 0.05) is 120 Å². The number of halogens is 9. The fraction of sp³-hybridized carbons (Fsp3) is 0.667. The molecule has 3 aromatic carbocycles. The van der Waals surface area contributed by atoms with Crippen molar-refractivity contribution in [2.75, 3.05) is 105 Å². The van der Waals surface area contributed by atoms with E-state index in [0.29, 0.717) is 96.2 Å². The number of nitrogens with zero attached hydrogens (tertiary/aromatic N) is 6. The van der Waals surface area contributed by atoms with E-state index in [1.807, 2.05) is 0 Å². The van der Waals surface area contributed by atoms with Crippen LogP contribution in [-0.4, -0.2) is 222 Å². The molecule has 3 aromatic rings. The Hall–Kier alpha value is -5.07. The molecule has 33 heteroatoms. The predicted molar refractivity (Wildman–Crippen MR) is 336 cm³/mol. The van der Waals surface area contributed by atoms with Gasteiger partial charge in [-0.3, -0.25) is 14.4 Å². The summed E-state index contributed by atoms with van der Waals surface area (Å²) in [5, 5.41) is 0. The van der Waals surface area contributed by atoms with E-state index in [-0.39, 0.29) is 117 Å². The van der Waals surface area contributed by atoms with Crippen molar-refractivity contribution in [1.82, 2.24) is 27.6 Å². The topological polar surface area (TPSA) is 279 Å². The van der Waals surface area contributed by atoms with E-state index in [9.17, 15) is 79.2 Å². The average Bonchev–Trinajstić information content (AvgIpc) is 1.47. The Morgan fingerprint density at radius 3 is 1.28 bits per heavy atom. The van der Waals surface area contributed by atoms with Crippen LogP contribution in [0.4, 0.5) is 39.5 Å². The van der Waals surface area contributed by atoms with E-state index in [4.69, 9.17) is 31.4 Å². The van der Waals surface area contributed by atoms with Crippen molar-refractivity contribution in [2.45, 2.75) is 144 Å². The molecule has 7 aliphatic rings. The number of benzene rings is 3. The van der Waals surface area contributed by atoms with Crippen LogP contribution in [0.5, 0.6) is 0 Å². The number of likely N-dealkylation sites (N-methyl/N-ethyl adjacent to an activating group) is 1. The van der Waals surface area contributed by atoms with E-state index in [0.717, 1.165) is 48.2 Å². The molecule has 538 valence electrons. The molecule has 7 heterocycles. The SMILES string of the molecule is CC(C)(C(=O)N1[C@@H]2CC[C@H]1CC([C@H](N)Cc1cc(F)c(F)cc1F)C2)S(=O)(=O)N1CCOCC1.COCCN(C)S(=O)(=O)CC(=O)N1[C@@H]2CC[C@H]1CC([C@H](N)Cc1cc(F)c(F)cc1F)C2.N[C@H](Cc1cc(F)c(F)cc1F)C1CCN(C(=O)CS(=O)(=O)N2CCOCC2)CC1. The molecule has 0 radical (unpaired) electrons. The van der Waals surface area contributed by atoms with E-state index in [1.54, 1.807) is 9.80 Å². The summed E-state index contributed by atoms with van der Waals surface area (Å²) in [7, 11) is -8.43. The number of nitrogens with two attached hydrogens (primary N) is 3. The highest BCUT2D eigenvalue weighted by molar-refractivity contribution is 7.91. The van der Waals surface area contributed by atoms with Gasteiger partial charge in [-0.15, -0.1) is 0 Å². The fourth-order valence-electron chi connectivity index (χ4n) is 14.3. The second-order valence-corrected chi connectivity index (χ2v) is 33.0. The molecule has 0 aromatic heterocycles. The monoisotopic (exact) mass is 1430 g/mol. The van der Waals surface area contributed by atoms with Gasteiger partial charge in [0.25, 0.3) is 0 Å². The molecule has 21 nitrogen and oxygen atoms in total. The number of amides is 3. The zero-order valence-corrected chi connectivity index (χ0v) is 56.7. The maximum atomic E-state index is 14.1. The number of methoxy groups -OCH3 is 1. The van der Waals surface area contributed by atoms with Crippen molar-refractivity contribution in [1.29, 1.82) is 0 Å². The Morgan fingerprint density at radius 2 is 0.885 bits per heavy atom. The smallest absolute Gasteiger partial charge is 0.245 e. The normalized spacial score (nSPS) is 24.0. The molecule has 6 N–H and O–H groups in total. The van der Waals surface area contributed by atoms with Crippen molar-refractivity contribution in [3.05, 3.63) is 105 Å². The third kappa shape index (κ3) is 18.3. The van der Waals surface area contributed by atoms with Crippen molar-refractivity contribution in [2.24, 2.45) is 35.0 Å². The Morgan fingerprint density at radius 1 is 0.521 bits per heavy atom. The van der Waals surface area contributed by atoms with Gasteiger partial charge in [-0.2, -0.15) is 8.61 Å². The number of sulfonamides is 3. The molecule has 9 atom stereocenters. The number of rotatable bonds is 21. The highest BCUT2D eigenvalue weighted by atomic mass is 32.2. The maximum absolute atomic E-state index is 14.1. The predicted octanol–water partition coefficient (Wildman–Crippen LogP) is 4.71. The molecule has 7 fully saturated rings. The molecule has 96 heavy (non-hydrogen) atoms. The maximum Gasteiger partial charge on any atom is 0.245 e. The van der Waals surface area contributed by atoms with E-state index in [1.165, 1.54) is 41.5 Å². The molecule has 7 saturated heterocycles. The lowest BCUT2D eigenvalue weighted by atomic mass is 9.82. The number of carbonyl (C=O) groups excluding carboxylic acids is 3. The number of ether oxygens (including phenoxy) is 3. The zero-order chi connectivity index (χ0) is 70.4. The molecule has 0 aliphatic carbocycles. The molecule has 10 rings (SSSR count). The lowest BCUT2D eigenvalue weighted by Crippen LogP contribution is -2.60. The summed E-state index contributed by atoms with van der Waals surface area (Å²) >= 11 is 0. The minimum Gasteiger partial charge on any atom is -0.383 e. The van der Waals surface area contributed by atoms with Crippen molar-refractivity contribution in [3.63, 3.8) is 0 Å². The summed E-state index contributed by atoms with van der Waals surface area (Å²) in [6, 6.07) is 2.01. The summed E-state index contributed by atoms with van der Waals surface area (Å²) in [6.45, 7) is 6.18. The Kier molecular flexibility index (Phi) is 26.0. The number of hydrogen-bond donors (Lipinski definition) is 3. The van der Waals surface area contributed by atoms with Crippen LogP contribution >= 0.6 is 0 Å². The fourth-order valence-corrected chi connectivity index (χ4v) is 18.3. The summed E-state index contributed by atoms with van der Waals surface area (Å²) in [5.41, 5.74) is 18.9. The van der Waals surface area contributed by atoms with Gasteiger partial charge in [0.1, 0.15) is 29.0 Å². The zero-order valence-electron chi connectivity index (χ0n) is 54.3. The van der Waals surface area contributed by atoms with Crippen molar-refractivity contribution >= 4 is 47.8 Å². The van der Waals surface area contributed by atoms with Crippen LogP contribution in [0.1, 0.15) is 94.7 Å². The largest absolute Gasteiger partial charge is 0.383 e. The van der Waals surface area contributed by atoms with Gasteiger partial charge >= 0.3 is 0 Å². The van der Waals surface area contributed by atoms with Crippen molar-refractivity contribution < 1.29 is 93.4 Å². The number of morpholine rings is 2. The number of piperidine rings is 3. The van der Waals surface area contributed by atoms with Crippen molar-refractivity contribution in [3.8, 4) is 0 Å². The molecule has 3 amide bonds. The minimum atomic E-state index is -3.88. The summed E-state index contributed by atoms with van der Waals surface area (Å²) < 4.78 is 216. The van der Waals surface area contributed by atoms with Gasteiger partial charge in [0.05, 0.1) is 33.0 Å². The first-order valence-electron chi connectivity index (χ1n) is 32.3. The Labute approximate surface area is 555 Å². The number of fused-ring (bicyclic) bond motifs is 4. The minimum absolute atomic E-state index is 0.0107. The van der Waals surface area contributed by atoms with E-state index >= 15 is 0 Å². The summed E-state index contributed by atoms with van der Waals surface area (Å²) in [6.07, 6.45) is 6.43. The van der Waals surface area contributed by atoms with Crippen LogP contribution < -0.4 is 17.2 Å². The molecule has 4 bridgehead atoms. The van der Waals surface area contributed by atoms with Crippen LogP contribution in [0.2, 0.25) is 0 Å². The van der Waals surface area contributed by atoms with Gasteiger partial charge in [0.2, 0.25) is 47.8 Å². The van der Waals surface area contributed by atoms with E-state index < -0.39 is 135 Å². The molecule has 7 aliphatic heterocycles.